The molecule has 0 saturated heterocycles. The van der Waals surface area contributed by atoms with E-state index in [1.165, 1.54) is 5.56 Å². The topological polar surface area (TPSA) is 21.3 Å². The Morgan fingerprint density at radius 1 is 1.18 bits per heavy atom. The molecule has 96 valence electrons. The Morgan fingerprint density at radius 3 is 2.47 bits per heavy atom. The van der Waals surface area contributed by atoms with E-state index in [1.807, 2.05) is 6.92 Å². The van der Waals surface area contributed by atoms with Gasteiger partial charge in [-0.05, 0) is 24.8 Å². The van der Waals surface area contributed by atoms with Crippen LogP contribution in [0.1, 0.15) is 38.7 Å². The molecule has 1 rings (SSSR count). The van der Waals surface area contributed by atoms with E-state index in [9.17, 15) is 0 Å². The van der Waals surface area contributed by atoms with Crippen LogP contribution in [0.15, 0.2) is 30.3 Å². The Balaban J connectivity index is 2.52. The molecule has 0 saturated carbocycles. The monoisotopic (exact) mass is 235 g/mol. The van der Waals surface area contributed by atoms with E-state index in [2.05, 4.69) is 49.5 Å². The van der Waals surface area contributed by atoms with Gasteiger partial charge in [-0.3, -0.25) is 0 Å². The maximum Gasteiger partial charge on any atom is 0.0472 e. The van der Waals surface area contributed by atoms with Gasteiger partial charge in [0.25, 0.3) is 0 Å². The Bertz CT molecular complexity index is 284. The van der Waals surface area contributed by atoms with E-state index < -0.39 is 0 Å². The van der Waals surface area contributed by atoms with E-state index in [0.29, 0.717) is 12.0 Å². The lowest BCUT2D eigenvalue weighted by molar-refractivity contribution is 0.139. The summed E-state index contributed by atoms with van der Waals surface area (Å²) in [5.41, 5.74) is 1.40. The van der Waals surface area contributed by atoms with Crippen LogP contribution >= 0.6 is 0 Å². The lowest BCUT2D eigenvalue weighted by atomic mass is 9.96. The molecule has 1 aromatic rings. The van der Waals surface area contributed by atoms with Gasteiger partial charge in [0.1, 0.15) is 0 Å². The number of benzene rings is 1. The summed E-state index contributed by atoms with van der Waals surface area (Å²) < 4.78 is 5.46. The van der Waals surface area contributed by atoms with Crippen LogP contribution in [-0.2, 0) is 4.74 Å². The second-order valence-electron chi connectivity index (χ2n) is 4.66. The van der Waals surface area contributed by atoms with Crippen LogP contribution in [0.3, 0.4) is 0 Å². The van der Waals surface area contributed by atoms with E-state index in [1.54, 1.807) is 0 Å². The smallest absolute Gasteiger partial charge is 0.0472 e. The Morgan fingerprint density at radius 2 is 1.88 bits per heavy atom. The quantitative estimate of drug-likeness (QED) is 0.699. The first kappa shape index (κ1) is 14.2. The Kier molecular flexibility index (Phi) is 6.90. The van der Waals surface area contributed by atoms with Gasteiger partial charge in [0, 0.05) is 25.8 Å². The number of rotatable bonds is 8. The number of ether oxygens (including phenoxy) is 1. The van der Waals surface area contributed by atoms with Gasteiger partial charge in [-0.25, -0.2) is 0 Å². The minimum absolute atomic E-state index is 0.535. The van der Waals surface area contributed by atoms with Crippen molar-refractivity contribution in [2.24, 2.45) is 0 Å². The predicted molar refractivity (Wildman–Crippen MR) is 73.4 cm³/mol. The zero-order chi connectivity index (χ0) is 12.5. The second-order valence-corrected chi connectivity index (χ2v) is 4.66. The van der Waals surface area contributed by atoms with E-state index in [4.69, 9.17) is 4.74 Å². The van der Waals surface area contributed by atoms with Crippen LogP contribution in [0.4, 0.5) is 0 Å². The summed E-state index contributed by atoms with van der Waals surface area (Å²) in [5, 5.41) is 3.52. The first-order chi connectivity index (χ1) is 8.24. The van der Waals surface area contributed by atoms with Gasteiger partial charge in [0.15, 0.2) is 0 Å². The van der Waals surface area contributed by atoms with Gasteiger partial charge >= 0.3 is 0 Å². The highest BCUT2D eigenvalue weighted by Crippen LogP contribution is 2.18. The minimum atomic E-state index is 0.535. The molecule has 0 radical (unpaired) electrons. The molecule has 17 heavy (non-hydrogen) atoms. The van der Waals surface area contributed by atoms with E-state index in [-0.39, 0.29) is 0 Å². The van der Waals surface area contributed by atoms with E-state index in [0.717, 1.165) is 26.2 Å². The molecule has 0 aliphatic heterocycles. The normalized spacial score (nSPS) is 12.9. The number of hydrogen-bond donors (Lipinski definition) is 1. The predicted octanol–water partition coefficient (Wildman–Crippen LogP) is 3.19. The largest absolute Gasteiger partial charge is 0.382 e. The molecule has 0 aromatic heterocycles. The van der Waals surface area contributed by atoms with Crippen molar-refractivity contribution in [2.45, 2.75) is 39.2 Å². The fourth-order valence-corrected chi connectivity index (χ4v) is 1.86. The third-order valence-corrected chi connectivity index (χ3v) is 2.86. The molecule has 2 nitrogen and oxygen atoms in total. The van der Waals surface area contributed by atoms with E-state index >= 15 is 0 Å². The Labute approximate surface area is 105 Å². The summed E-state index contributed by atoms with van der Waals surface area (Å²) in [6, 6.07) is 11.2. The molecular formula is C15H25NO. The Hall–Kier alpha value is -0.860. The van der Waals surface area contributed by atoms with Crippen molar-refractivity contribution in [3.8, 4) is 0 Å². The number of hydrogen-bond acceptors (Lipinski definition) is 2. The zero-order valence-electron chi connectivity index (χ0n) is 11.3. The van der Waals surface area contributed by atoms with Crippen LogP contribution in [0, 0.1) is 0 Å². The average molecular weight is 235 g/mol. The van der Waals surface area contributed by atoms with Gasteiger partial charge in [0.2, 0.25) is 0 Å². The van der Waals surface area contributed by atoms with Crippen LogP contribution in [0.25, 0.3) is 0 Å². The molecule has 1 atom stereocenters. The summed E-state index contributed by atoms with van der Waals surface area (Å²) in [4.78, 5) is 0. The lowest BCUT2D eigenvalue weighted by Gasteiger charge is -2.19. The zero-order valence-corrected chi connectivity index (χ0v) is 11.3. The molecule has 0 aliphatic rings. The summed E-state index contributed by atoms with van der Waals surface area (Å²) in [6.07, 6.45) is 1.08. The van der Waals surface area contributed by atoms with Gasteiger partial charge in [-0.1, -0.05) is 44.2 Å². The fourth-order valence-electron chi connectivity index (χ4n) is 1.86. The molecular weight excluding hydrogens is 210 g/mol. The standard InChI is InChI=1S/C15H25NO/c1-4-17-11-10-15(12-16-13(2)3)14-8-6-5-7-9-14/h5-9,13,15-16H,4,10-12H2,1-3H3. The van der Waals surface area contributed by atoms with Crippen LogP contribution in [0.2, 0.25) is 0 Å². The van der Waals surface area contributed by atoms with Crippen molar-refractivity contribution in [2.75, 3.05) is 19.8 Å². The van der Waals surface area contributed by atoms with Crippen molar-refractivity contribution >= 4 is 0 Å². The molecule has 0 amide bonds. The highest BCUT2D eigenvalue weighted by atomic mass is 16.5. The van der Waals surface area contributed by atoms with Gasteiger partial charge in [-0.15, -0.1) is 0 Å². The SMILES string of the molecule is CCOCCC(CNC(C)C)c1ccccc1. The van der Waals surface area contributed by atoms with Crippen LogP contribution < -0.4 is 5.32 Å². The van der Waals surface area contributed by atoms with Crippen molar-refractivity contribution in [1.29, 1.82) is 0 Å². The van der Waals surface area contributed by atoms with Crippen molar-refractivity contribution in [3.63, 3.8) is 0 Å². The first-order valence-electron chi connectivity index (χ1n) is 6.60. The van der Waals surface area contributed by atoms with Gasteiger partial charge in [0.05, 0.1) is 0 Å². The summed E-state index contributed by atoms with van der Waals surface area (Å²) in [7, 11) is 0. The summed E-state index contributed by atoms with van der Waals surface area (Å²) in [5.74, 6) is 0.546. The first-order valence-corrected chi connectivity index (χ1v) is 6.60. The maximum atomic E-state index is 5.46. The van der Waals surface area contributed by atoms with Crippen molar-refractivity contribution < 1.29 is 4.74 Å². The van der Waals surface area contributed by atoms with Gasteiger partial charge in [-0.2, -0.15) is 0 Å². The molecule has 2 heteroatoms. The molecule has 0 spiro atoms. The molecule has 0 bridgehead atoms. The third kappa shape index (κ3) is 5.85. The summed E-state index contributed by atoms with van der Waals surface area (Å²) in [6.45, 7) is 9.09. The minimum Gasteiger partial charge on any atom is -0.382 e. The highest BCUT2D eigenvalue weighted by molar-refractivity contribution is 5.19. The van der Waals surface area contributed by atoms with Gasteiger partial charge < -0.3 is 10.1 Å². The molecule has 0 fully saturated rings. The van der Waals surface area contributed by atoms with Crippen molar-refractivity contribution in [1.82, 2.24) is 5.32 Å². The molecule has 1 unspecified atom stereocenters. The number of nitrogens with one attached hydrogen (secondary N) is 1. The van der Waals surface area contributed by atoms with Crippen LogP contribution in [0.5, 0.6) is 0 Å². The molecule has 1 aromatic carbocycles. The van der Waals surface area contributed by atoms with Crippen molar-refractivity contribution in [3.05, 3.63) is 35.9 Å². The fraction of sp³-hybridized carbons (Fsp3) is 0.600. The van der Waals surface area contributed by atoms with Crippen LogP contribution in [-0.4, -0.2) is 25.8 Å². The second kappa shape index (κ2) is 8.26. The molecule has 0 heterocycles. The average Bonchev–Trinajstić information content (AvgIpc) is 2.34. The molecule has 0 aliphatic carbocycles. The lowest BCUT2D eigenvalue weighted by Crippen LogP contribution is -2.28. The summed E-state index contributed by atoms with van der Waals surface area (Å²) >= 11 is 0. The highest BCUT2D eigenvalue weighted by Gasteiger charge is 2.11. The molecule has 1 N–H and O–H groups in total. The third-order valence-electron chi connectivity index (χ3n) is 2.86. The maximum absolute atomic E-state index is 5.46.